The lowest BCUT2D eigenvalue weighted by Crippen LogP contribution is -2.62. The molecule has 4 aliphatic rings. The molecule has 5 nitrogen and oxygen atoms in total. The molecule has 1 aromatic rings. The Kier molecular flexibility index (Phi) is 5.87. The Hall–Kier alpha value is -2.00. The molecule has 29 heavy (non-hydrogen) atoms. The Labute approximate surface area is 176 Å². The standard InChI is InChI=1S/C23H28N2O3S/c1-29-20-6-3-2-5-19(20)22(27)28-15-21(26)25(8-4-7-24)23-12-16-9-17(13-23)11-18(10-16)14-23/h2-3,5-6,16-18H,4,8-15H2,1H3. The summed E-state index contributed by atoms with van der Waals surface area (Å²) in [5, 5.41) is 9.13. The van der Waals surface area contributed by atoms with E-state index in [-0.39, 0.29) is 18.1 Å². The number of amides is 1. The number of thioether (sulfide) groups is 1. The first kappa shape index (κ1) is 20.3. The fourth-order valence-electron chi connectivity index (χ4n) is 6.28. The first-order chi connectivity index (χ1) is 14.0. The van der Waals surface area contributed by atoms with Gasteiger partial charge >= 0.3 is 5.97 Å². The van der Waals surface area contributed by atoms with Crippen LogP contribution in [0, 0.1) is 29.1 Å². The fraction of sp³-hybridized carbons (Fsp3) is 0.609. The molecule has 1 amide bonds. The van der Waals surface area contributed by atoms with E-state index in [0.29, 0.717) is 36.3 Å². The smallest absolute Gasteiger partial charge is 0.339 e. The molecule has 0 saturated heterocycles. The summed E-state index contributed by atoms with van der Waals surface area (Å²) in [7, 11) is 0. The van der Waals surface area contributed by atoms with Crippen LogP contribution in [0.5, 0.6) is 0 Å². The van der Waals surface area contributed by atoms with Crippen molar-refractivity contribution in [1.29, 1.82) is 5.26 Å². The number of hydrogen-bond acceptors (Lipinski definition) is 5. The first-order valence-electron chi connectivity index (χ1n) is 10.5. The van der Waals surface area contributed by atoms with E-state index < -0.39 is 5.97 Å². The number of rotatable bonds is 7. The maximum absolute atomic E-state index is 13.2. The largest absolute Gasteiger partial charge is 0.452 e. The number of carbonyl (C=O) groups excluding carboxylic acids is 2. The highest BCUT2D eigenvalue weighted by atomic mass is 32.2. The van der Waals surface area contributed by atoms with Crippen LogP contribution in [0.15, 0.2) is 29.2 Å². The highest BCUT2D eigenvalue weighted by Crippen LogP contribution is 2.57. The minimum absolute atomic E-state index is 0.133. The van der Waals surface area contributed by atoms with Crippen molar-refractivity contribution in [3.8, 4) is 6.07 Å². The van der Waals surface area contributed by atoms with Crippen LogP contribution in [0.4, 0.5) is 0 Å². The molecule has 0 radical (unpaired) electrons. The van der Waals surface area contributed by atoms with Crippen molar-refractivity contribution in [3.63, 3.8) is 0 Å². The van der Waals surface area contributed by atoms with Gasteiger partial charge in [-0.05, 0) is 74.7 Å². The predicted molar refractivity (Wildman–Crippen MR) is 111 cm³/mol. The monoisotopic (exact) mass is 412 g/mol. The average molecular weight is 413 g/mol. The minimum Gasteiger partial charge on any atom is -0.452 e. The van der Waals surface area contributed by atoms with E-state index in [0.717, 1.165) is 24.2 Å². The molecular weight excluding hydrogens is 384 g/mol. The van der Waals surface area contributed by atoms with Crippen molar-refractivity contribution in [3.05, 3.63) is 29.8 Å². The van der Waals surface area contributed by atoms with Crippen LogP contribution < -0.4 is 0 Å². The van der Waals surface area contributed by atoms with Crippen molar-refractivity contribution < 1.29 is 14.3 Å². The molecule has 6 heteroatoms. The molecule has 4 aliphatic carbocycles. The molecule has 5 rings (SSSR count). The summed E-state index contributed by atoms with van der Waals surface area (Å²) >= 11 is 1.48. The normalized spacial score (nSPS) is 29.3. The van der Waals surface area contributed by atoms with Gasteiger partial charge in [0.25, 0.3) is 5.91 Å². The lowest BCUT2D eigenvalue weighted by molar-refractivity contribution is -0.153. The van der Waals surface area contributed by atoms with E-state index in [9.17, 15) is 9.59 Å². The van der Waals surface area contributed by atoms with Gasteiger partial charge in [-0.15, -0.1) is 11.8 Å². The Morgan fingerprint density at radius 2 is 1.79 bits per heavy atom. The van der Waals surface area contributed by atoms with E-state index in [4.69, 9.17) is 10.00 Å². The third-order valence-corrected chi connectivity index (χ3v) is 7.78. The van der Waals surface area contributed by atoms with Gasteiger partial charge < -0.3 is 9.64 Å². The van der Waals surface area contributed by atoms with Gasteiger partial charge in [0.1, 0.15) is 0 Å². The first-order valence-corrected chi connectivity index (χ1v) is 11.7. The van der Waals surface area contributed by atoms with Crippen molar-refractivity contribution in [2.45, 2.75) is 55.4 Å². The van der Waals surface area contributed by atoms with Gasteiger partial charge in [0, 0.05) is 17.0 Å². The summed E-state index contributed by atoms with van der Waals surface area (Å²) < 4.78 is 5.43. The number of benzene rings is 1. The summed E-state index contributed by atoms with van der Waals surface area (Å²) in [5.74, 6) is 1.49. The molecule has 0 atom stereocenters. The molecule has 4 bridgehead atoms. The SMILES string of the molecule is CSc1ccccc1C(=O)OCC(=O)N(CCC#N)C12CC3CC(CC(C3)C1)C2. The zero-order chi connectivity index (χ0) is 20.4. The molecular formula is C23H28N2O3S. The summed E-state index contributed by atoms with van der Waals surface area (Å²) in [4.78, 5) is 28.5. The number of nitrogens with zero attached hydrogens (tertiary/aromatic N) is 2. The zero-order valence-corrected chi connectivity index (χ0v) is 17.7. The Morgan fingerprint density at radius 1 is 1.17 bits per heavy atom. The van der Waals surface area contributed by atoms with E-state index in [1.807, 2.05) is 23.3 Å². The second kappa shape index (κ2) is 8.39. The van der Waals surface area contributed by atoms with Crippen molar-refractivity contribution in [2.24, 2.45) is 17.8 Å². The Morgan fingerprint density at radius 3 is 2.38 bits per heavy atom. The third kappa shape index (κ3) is 4.02. The van der Waals surface area contributed by atoms with Crippen LogP contribution in [0.2, 0.25) is 0 Å². The molecule has 0 aromatic heterocycles. The van der Waals surface area contributed by atoms with Crippen LogP contribution >= 0.6 is 11.8 Å². The molecule has 0 spiro atoms. The van der Waals surface area contributed by atoms with Gasteiger partial charge in [-0.3, -0.25) is 4.79 Å². The number of ether oxygens (including phenoxy) is 1. The average Bonchev–Trinajstić information content (AvgIpc) is 2.71. The van der Waals surface area contributed by atoms with Crippen LogP contribution in [0.25, 0.3) is 0 Å². The number of esters is 1. The van der Waals surface area contributed by atoms with Gasteiger partial charge in [0.15, 0.2) is 6.61 Å². The van der Waals surface area contributed by atoms with Crippen LogP contribution in [-0.4, -0.2) is 41.7 Å². The second-order valence-corrected chi connectivity index (χ2v) is 9.72. The summed E-state index contributed by atoms with van der Waals surface area (Å²) in [5.41, 5.74) is 0.359. The van der Waals surface area contributed by atoms with Gasteiger partial charge in [0.05, 0.1) is 18.1 Å². The van der Waals surface area contributed by atoms with Crippen molar-refractivity contribution >= 4 is 23.6 Å². The van der Waals surface area contributed by atoms with Crippen LogP contribution in [0.3, 0.4) is 0 Å². The minimum atomic E-state index is -0.464. The van der Waals surface area contributed by atoms with E-state index in [2.05, 4.69) is 6.07 Å². The Bertz CT molecular complexity index is 796. The van der Waals surface area contributed by atoms with Crippen LogP contribution in [-0.2, 0) is 9.53 Å². The van der Waals surface area contributed by atoms with E-state index in [1.54, 1.807) is 12.1 Å². The predicted octanol–water partition coefficient (Wildman–Crippen LogP) is 4.28. The topological polar surface area (TPSA) is 70.4 Å². The Balaban J connectivity index is 1.47. The van der Waals surface area contributed by atoms with Gasteiger partial charge in [-0.2, -0.15) is 5.26 Å². The molecule has 4 saturated carbocycles. The fourth-order valence-corrected chi connectivity index (χ4v) is 6.87. The zero-order valence-electron chi connectivity index (χ0n) is 16.9. The molecule has 154 valence electrons. The lowest BCUT2D eigenvalue weighted by atomic mass is 9.52. The maximum atomic E-state index is 13.2. The highest BCUT2D eigenvalue weighted by molar-refractivity contribution is 7.98. The van der Waals surface area contributed by atoms with Gasteiger partial charge in [0.2, 0.25) is 0 Å². The number of carbonyl (C=O) groups is 2. The summed E-state index contributed by atoms with van der Waals surface area (Å²) in [6.07, 6.45) is 9.23. The molecule has 0 N–H and O–H groups in total. The second-order valence-electron chi connectivity index (χ2n) is 8.87. The maximum Gasteiger partial charge on any atom is 0.339 e. The lowest BCUT2D eigenvalue weighted by Gasteiger charge is -2.60. The third-order valence-electron chi connectivity index (χ3n) is 6.98. The molecule has 4 fully saturated rings. The highest BCUT2D eigenvalue weighted by Gasteiger charge is 2.54. The van der Waals surface area contributed by atoms with Crippen molar-refractivity contribution in [2.75, 3.05) is 19.4 Å². The van der Waals surface area contributed by atoms with E-state index >= 15 is 0 Å². The van der Waals surface area contributed by atoms with Gasteiger partial charge in [-0.25, -0.2) is 4.79 Å². The van der Waals surface area contributed by atoms with Gasteiger partial charge in [-0.1, -0.05) is 12.1 Å². The molecule has 0 unspecified atom stereocenters. The van der Waals surface area contributed by atoms with Crippen molar-refractivity contribution in [1.82, 2.24) is 4.90 Å². The quantitative estimate of drug-likeness (QED) is 0.494. The van der Waals surface area contributed by atoms with E-state index in [1.165, 1.54) is 31.0 Å². The number of nitriles is 1. The molecule has 0 heterocycles. The molecule has 0 aliphatic heterocycles. The van der Waals surface area contributed by atoms with Crippen LogP contribution in [0.1, 0.15) is 55.3 Å². The summed E-state index contributed by atoms with van der Waals surface area (Å²) in [6, 6.07) is 9.46. The number of hydrogen-bond donors (Lipinski definition) is 0. The molecule has 1 aromatic carbocycles. The summed E-state index contributed by atoms with van der Waals surface area (Å²) in [6.45, 7) is 0.176.